The minimum absolute atomic E-state index is 0.0455. The SMILES string of the molecule is COc1ccc(F)cc1COC(=O)CSc1ncnc2sc(C)c(C)c12. The number of hydrogen-bond acceptors (Lipinski definition) is 7. The number of halogens is 1. The van der Waals surface area contributed by atoms with Gasteiger partial charge in [-0.3, -0.25) is 4.79 Å². The first-order valence-electron chi connectivity index (χ1n) is 7.81. The molecule has 2 aromatic heterocycles. The van der Waals surface area contributed by atoms with Crippen LogP contribution in [0.15, 0.2) is 29.6 Å². The Labute approximate surface area is 158 Å². The normalized spacial score (nSPS) is 10.9. The molecule has 0 aliphatic carbocycles. The summed E-state index contributed by atoms with van der Waals surface area (Å²) in [6.45, 7) is 4.02. The van der Waals surface area contributed by atoms with Crippen LogP contribution in [-0.2, 0) is 16.1 Å². The Bertz CT molecular complexity index is 959. The van der Waals surface area contributed by atoms with E-state index in [9.17, 15) is 9.18 Å². The molecule has 3 aromatic rings. The Morgan fingerprint density at radius 1 is 1.31 bits per heavy atom. The molecule has 5 nitrogen and oxygen atoms in total. The van der Waals surface area contributed by atoms with Gasteiger partial charge in [0.1, 0.15) is 34.4 Å². The molecule has 0 saturated carbocycles. The molecular weight excluding hydrogens is 375 g/mol. The van der Waals surface area contributed by atoms with Crippen molar-refractivity contribution in [3.8, 4) is 5.75 Å². The maximum absolute atomic E-state index is 13.4. The average molecular weight is 392 g/mol. The number of carbonyl (C=O) groups excluding carboxylic acids is 1. The summed E-state index contributed by atoms with van der Waals surface area (Å²) in [6, 6.07) is 4.10. The molecular formula is C18H17FN2O3S2. The van der Waals surface area contributed by atoms with E-state index in [0.717, 1.165) is 20.8 Å². The predicted octanol–water partition coefficient (Wildman–Crippen LogP) is 4.29. The van der Waals surface area contributed by atoms with Crippen molar-refractivity contribution < 1.29 is 18.7 Å². The third kappa shape index (κ3) is 3.96. The van der Waals surface area contributed by atoms with E-state index in [1.54, 1.807) is 11.3 Å². The van der Waals surface area contributed by atoms with Crippen molar-refractivity contribution in [3.05, 3.63) is 46.3 Å². The van der Waals surface area contributed by atoms with E-state index in [-0.39, 0.29) is 12.4 Å². The fourth-order valence-electron chi connectivity index (χ4n) is 2.45. The molecule has 26 heavy (non-hydrogen) atoms. The van der Waals surface area contributed by atoms with Gasteiger partial charge in [0.05, 0.1) is 12.9 Å². The van der Waals surface area contributed by atoms with Crippen LogP contribution in [0.4, 0.5) is 4.39 Å². The molecule has 0 atom stereocenters. The monoisotopic (exact) mass is 392 g/mol. The second-order valence-electron chi connectivity index (χ2n) is 5.55. The van der Waals surface area contributed by atoms with Crippen molar-refractivity contribution in [1.82, 2.24) is 9.97 Å². The molecule has 0 bridgehead atoms. The molecule has 0 aliphatic rings. The first-order chi connectivity index (χ1) is 12.5. The number of thioether (sulfide) groups is 1. The molecule has 8 heteroatoms. The summed E-state index contributed by atoms with van der Waals surface area (Å²) in [4.78, 5) is 22.8. The van der Waals surface area contributed by atoms with E-state index in [2.05, 4.69) is 9.97 Å². The molecule has 0 fully saturated rings. The second-order valence-corrected chi connectivity index (χ2v) is 7.71. The summed E-state index contributed by atoms with van der Waals surface area (Å²) in [5, 5.41) is 1.75. The summed E-state index contributed by atoms with van der Waals surface area (Å²) >= 11 is 2.92. The highest BCUT2D eigenvalue weighted by Gasteiger charge is 2.15. The third-order valence-corrected chi connectivity index (χ3v) is 5.97. The second kappa shape index (κ2) is 8.01. The van der Waals surface area contributed by atoms with Gasteiger partial charge in [-0.1, -0.05) is 11.8 Å². The lowest BCUT2D eigenvalue weighted by molar-refractivity contribution is -0.141. The van der Waals surface area contributed by atoms with Crippen LogP contribution in [0.25, 0.3) is 10.2 Å². The van der Waals surface area contributed by atoms with E-state index in [4.69, 9.17) is 9.47 Å². The molecule has 0 radical (unpaired) electrons. The van der Waals surface area contributed by atoms with Gasteiger partial charge in [-0.05, 0) is 37.6 Å². The molecule has 2 heterocycles. The average Bonchev–Trinajstić information content (AvgIpc) is 2.93. The number of rotatable bonds is 6. The van der Waals surface area contributed by atoms with Crippen molar-refractivity contribution in [2.45, 2.75) is 25.5 Å². The maximum Gasteiger partial charge on any atom is 0.316 e. The van der Waals surface area contributed by atoms with Crippen LogP contribution >= 0.6 is 23.1 Å². The maximum atomic E-state index is 13.4. The van der Waals surface area contributed by atoms with Crippen molar-refractivity contribution in [2.24, 2.45) is 0 Å². The van der Waals surface area contributed by atoms with Gasteiger partial charge < -0.3 is 9.47 Å². The van der Waals surface area contributed by atoms with Crippen molar-refractivity contribution in [3.63, 3.8) is 0 Å². The van der Waals surface area contributed by atoms with Crippen molar-refractivity contribution >= 4 is 39.3 Å². The lowest BCUT2D eigenvalue weighted by Gasteiger charge is -2.09. The summed E-state index contributed by atoms with van der Waals surface area (Å²) < 4.78 is 23.7. The Kier molecular flexibility index (Phi) is 5.73. The number of aromatic nitrogens is 2. The Morgan fingerprint density at radius 3 is 2.88 bits per heavy atom. The highest BCUT2D eigenvalue weighted by molar-refractivity contribution is 8.00. The molecule has 0 aliphatic heterocycles. The topological polar surface area (TPSA) is 61.3 Å². The molecule has 3 rings (SSSR count). The van der Waals surface area contributed by atoms with Crippen LogP contribution in [0, 0.1) is 19.7 Å². The Balaban J connectivity index is 1.64. The Morgan fingerprint density at radius 2 is 2.12 bits per heavy atom. The van der Waals surface area contributed by atoms with Crippen LogP contribution in [0.5, 0.6) is 5.75 Å². The van der Waals surface area contributed by atoms with Gasteiger partial charge in [0, 0.05) is 15.8 Å². The number of esters is 1. The summed E-state index contributed by atoms with van der Waals surface area (Å²) in [6.07, 6.45) is 1.50. The van der Waals surface area contributed by atoms with E-state index < -0.39 is 11.8 Å². The fraction of sp³-hybridized carbons (Fsp3) is 0.278. The summed E-state index contributed by atoms with van der Waals surface area (Å²) in [5.41, 5.74) is 1.62. The Hall–Kier alpha value is -2.19. The largest absolute Gasteiger partial charge is 0.496 e. The number of ether oxygens (including phenoxy) is 2. The predicted molar refractivity (Wildman–Crippen MR) is 100 cm³/mol. The van der Waals surface area contributed by atoms with Gasteiger partial charge in [-0.15, -0.1) is 11.3 Å². The van der Waals surface area contributed by atoms with Crippen LogP contribution in [0.2, 0.25) is 0 Å². The quantitative estimate of drug-likeness (QED) is 0.354. The third-order valence-electron chi connectivity index (χ3n) is 3.89. The molecule has 136 valence electrons. The van der Waals surface area contributed by atoms with Crippen molar-refractivity contribution in [2.75, 3.05) is 12.9 Å². The lowest BCUT2D eigenvalue weighted by atomic mass is 10.2. The molecule has 0 N–H and O–H groups in total. The number of fused-ring (bicyclic) bond motifs is 1. The molecule has 0 spiro atoms. The highest BCUT2D eigenvalue weighted by Crippen LogP contribution is 2.34. The van der Waals surface area contributed by atoms with Gasteiger partial charge in [-0.25, -0.2) is 14.4 Å². The number of benzene rings is 1. The minimum Gasteiger partial charge on any atom is -0.496 e. The van der Waals surface area contributed by atoms with Gasteiger partial charge in [-0.2, -0.15) is 0 Å². The minimum atomic E-state index is -0.405. The zero-order valence-electron chi connectivity index (χ0n) is 14.5. The van der Waals surface area contributed by atoms with Gasteiger partial charge >= 0.3 is 5.97 Å². The van der Waals surface area contributed by atoms with E-state index in [1.807, 2.05) is 13.8 Å². The number of thiophene rings is 1. The van der Waals surface area contributed by atoms with Crippen LogP contribution in [0.1, 0.15) is 16.0 Å². The van der Waals surface area contributed by atoms with Crippen LogP contribution in [-0.4, -0.2) is 28.8 Å². The zero-order chi connectivity index (χ0) is 18.7. The van der Waals surface area contributed by atoms with Gasteiger partial charge in [0.2, 0.25) is 0 Å². The number of methoxy groups -OCH3 is 1. The van der Waals surface area contributed by atoms with Crippen LogP contribution < -0.4 is 4.74 Å². The molecule has 0 unspecified atom stereocenters. The lowest BCUT2D eigenvalue weighted by Crippen LogP contribution is -2.08. The van der Waals surface area contributed by atoms with E-state index >= 15 is 0 Å². The first-order valence-corrected chi connectivity index (χ1v) is 9.61. The number of aryl methyl sites for hydroxylation is 2. The number of nitrogens with zero attached hydrogens (tertiary/aromatic N) is 2. The fourth-order valence-corrected chi connectivity index (χ4v) is 4.36. The van der Waals surface area contributed by atoms with E-state index in [1.165, 1.54) is 48.3 Å². The standard InChI is InChI=1S/C18H17FN2O3S2/c1-10-11(2)26-18-16(10)17(20-9-21-18)25-8-15(22)24-7-12-6-13(19)4-5-14(12)23-3/h4-6,9H,7-8H2,1-3H3. The highest BCUT2D eigenvalue weighted by atomic mass is 32.2. The number of hydrogen-bond donors (Lipinski definition) is 0. The van der Waals surface area contributed by atoms with Crippen molar-refractivity contribution in [1.29, 1.82) is 0 Å². The number of carbonyl (C=O) groups is 1. The zero-order valence-corrected chi connectivity index (χ0v) is 16.2. The van der Waals surface area contributed by atoms with Gasteiger partial charge in [0.25, 0.3) is 0 Å². The first kappa shape index (κ1) is 18.6. The molecule has 0 amide bonds. The van der Waals surface area contributed by atoms with Crippen LogP contribution in [0.3, 0.4) is 0 Å². The summed E-state index contributed by atoms with van der Waals surface area (Å²) in [5.74, 6) is -0.220. The molecule has 0 saturated heterocycles. The molecule has 1 aromatic carbocycles. The summed E-state index contributed by atoms with van der Waals surface area (Å²) in [7, 11) is 1.49. The smallest absolute Gasteiger partial charge is 0.316 e. The van der Waals surface area contributed by atoms with Gasteiger partial charge in [0.15, 0.2) is 0 Å². The van der Waals surface area contributed by atoms with E-state index in [0.29, 0.717) is 11.3 Å².